The number of carbonyl (C=O) groups excluding carboxylic acids is 2. The molecule has 222 valence electrons. The summed E-state index contributed by atoms with van der Waals surface area (Å²) in [5.74, 6) is 0.119. The molecule has 4 rings (SSSR count). The number of unbranched alkanes of at least 4 members (excludes halogenated alkanes) is 4. The van der Waals surface area contributed by atoms with Gasteiger partial charge >= 0.3 is 0 Å². The molecule has 1 aromatic heterocycles. The average molecular weight is 587 g/mol. The molecule has 2 heterocycles. The summed E-state index contributed by atoms with van der Waals surface area (Å²) in [5, 5.41) is 7.14. The molecule has 0 fully saturated rings. The van der Waals surface area contributed by atoms with Gasteiger partial charge in [-0.2, -0.15) is 0 Å². The molecule has 3 aromatic rings. The smallest absolute Gasteiger partial charge is 0.224 e. The number of aromatic nitrogens is 1. The Morgan fingerprint density at radius 3 is 2.26 bits per heavy atom. The van der Waals surface area contributed by atoms with Gasteiger partial charge in [-0.05, 0) is 73.7 Å². The lowest BCUT2D eigenvalue weighted by Crippen LogP contribution is -2.40. The molecule has 0 aliphatic carbocycles. The van der Waals surface area contributed by atoms with Crippen LogP contribution in [0.3, 0.4) is 0 Å². The van der Waals surface area contributed by atoms with Gasteiger partial charge in [0.2, 0.25) is 11.8 Å². The SMILES string of the molecule is Cc1cc(C=C2Sc3ccccc3N2C)cc(C)[n+]1CCCCCC(=O)NCCCCCC(=O)Nc1ccc(N)cc1. The fourth-order valence-corrected chi connectivity index (χ4v) is 6.32. The quantitative estimate of drug-likeness (QED) is 0.113. The number of aryl methyl sites for hydroxylation is 2. The summed E-state index contributed by atoms with van der Waals surface area (Å²) in [4.78, 5) is 27.8. The van der Waals surface area contributed by atoms with Crippen LogP contribution in [0, 0.1) is 13.8 Å². The standard InChI is InChI=1S/C34H43N5O2S/c1-25-22-27(24-34-38(3)30-12-8-9-13-31(30)42-34)23-26(2)39(25)21-11-5-7-14-32(40)36-20-10-4-6-15-33(41)37-29-18-16-28(35)17-19-29/h8-9,12-13,16-19,22-24H,4-7,10-11,14-15,20-21,35H2,1-3H3,(H-,36,37,40,41)/p+1. The van der Waals surface area contributed by atoms with Crippen LogP contribution in [0.15, 0.2) is 70.6 Å². The lowest BCUT2D eigenvalue weighted by atomic mass is 10.1. The van der Waals surface area contributed by atoms with E-state index >= 15 is 0 Å². The van der Waals surface area contributed by atoms with Gasteiger partial charge < -0.3 is 21.3 Å². The van der Waals surface area contributed by atoms with Crippen molar-refractivity contribution in [3.05, 3.63) is 82.6 Å². The highest BCUT2D eigenvalue weighted by atomic mass is 32.2. The van der Waals surface area contributed by atoms with E-state index in [0.29, 0.717) is 25.1 Å². The Hall–Kier alpha value is -3.78. The molecule has 1 aliphatic heterocycles. The zero-order chi connectivity index (χ0) is 29.9. The van der Waals surface area contributed by atoms with E-state index in [9.17, 15) is 9.59 Å². The van der Waals surface area contributed by atoms with Crippen molar-refractivity contribution in [2.24, 2.45) is 0 Å². The molecule has 2 aromatic carbocycles. The van der Waals surface area contributed by atoms with E-state index < -0.39 is 0 Å². The second kappa shape index (κ2) is 15.4. The molecule has 0 spiro atoms. The highest BCUT2D eigenvalue weighted by molar-refractivity contribution is 8.03. The van der Waals surface area contributed by atoms with Crippen molar-refractivity contribution in [2.45, 2.75) is 76.7 Å². The lowest BCUT2D eigenvalue weighted by molar-refractivity contribution is -0.709. The molecule has 2 amide bonds. The topological polar surface area (TPSA) is 91.3 Å². The van der Waals surface area contributed by atoms with Crippen molar-refractivity contribution in [1.29, 1.82) is 0 Å². The van der Waals surface area contributed by atoms with Gasteiger partial charge in [-0.3, -0.25) is 9.59 Å². The number of thioether (sulfide) groups is 1. The zero-order valence-corrected chi connectivity index (χ0v) is 25.9. The third kappa shape index (κ3) is 9.11. The molecule has 1 aliphatic rings. The van der Waals surface area contributed by atoms with Crippen LogP contribution < -0.4 is 25.8 Å². The van der Waals surface area contributed by atoms with E-state index in [1.165, 1.54) is 32.6 Å². The highest BCUT2D eigenvalue weighted by Gasteiger charge is 2.22. The van der Waals surface area contributed by atoms with Crippen LogP contribution >= 0.6 is 11.8 Å². The Morgan fingerprint density at radius 2 is 1.55 bits per heavy atom. The Balaban J connectivity index is 1.08. The normalized spacial score (nSPS) is 13.3. The summed E-state index contributed by atoms with van der Waals surface area (Å²) in [6.45, 7) is 5.97. The van der Waals surface area contributed by atoms with Crippen LogP contribution in [-0.2, 0) is 16.1 Å². The molecule has 0 saturated heterocycles. The summed E-state index contributed by atoms with van der Waals surface area (Å²) in [6.07, 6.45) is 8.86. The molecular formula is C34H44N5O2S+. The molecule has 0 unspecified atom stereocenters. The largest absolute Gasteiger partial charge is 0.399 e. The van der Waals surface area contributed by atoms with Crippen molar-refractivity contribution >= 4 is 46.7 Å². The van der Waals surface area contributed by atoms with Gasteiger partial charge in [0.25, 0.3) is 0 Å². The minimum atomic E-state index is 0.00276. The first-order valence-corrected chi connectivity index (χ1v) is 15.8. The number of hydrogen-bond donors (Lipinski definition) is 3. The van der Waals surface area contributed by atoms with Gasteiger partial charge in [-0.25, -0.2) is 4.57 Å². The average Bonchev–Trinajstić information content (AvgIpc) is 3.27. The number of nitrogens with zero attached hydrogens (tertiary/aromatic N) is 2. The maximum absolute atomic E-state index is 12.2. The molecule has 4 N–H and O–H groups in total. The number of pyridine rings is 1. The van der Waals surface area contributed by atoms with Gasteiger partial charge in [0, 0.05) is 75.1 Å². The summed E-state index contributed by atoms with van der Waals surface area (Å²) < 4.78 is 2.37. The van der Waals surface area contributed by atoms with Crippen LogP contribution in [0.2, 0.25) is 0 Å². The van der Waals surface area contributed by atoms with E-state index in [1.807, 2.05) is 11.8 Å². The van der Waals surface area contributed by atoms with E-state index in [1.54, 1.807) is 24.3 Å². The van der Waals surface area contributed by atoms with E-state index in [4.69, 9.17) is 5.73 Å². The minimum Gasteiger partial charge on any atom is -0.399 e. The summed E-state index contributed by atoms with van der Waals surface area (Å²) in [6, 6.07) is 20.2. The first-order valence-electron chi connectivity index (χ1n) is 15.0. The van der Waals surface area contributed by atoms with Crippen molar-refractivity contribution in [2.75, 3.05) is 29.5 Å². The van der Waals surface area contributed by atoms with Crippen LogP contribution in [0.1, 0.15) is 68.3 Å². The predicted molar refractivity (Wildman–Crippen MR) is 174 cm³/mol. The molecular weight excluding hydrogens is 542 g/mol. The Kier molecular flexibility index (Phi) is 11.5. The number of benzene rings is 2. The van der Waals surface area contributed by atoms with Gasteiger partial charge in [0.15, 0.2) is 11.4 Å². The number of hydrogen-bond acceptors (Lipinski definition) is 5. The maximum Gasteiger partial charge on any atom is 0.224 e. The first kappa shape index (κ1) is 31.2. The highest BCUT2D eigenvalue weighted by Crippen LogP contribution is 2.45. The summed E-state index contributed by atoms with van der Waals surface area (Å²) >= 11 is 1.82. The van der Waals surface area contributed by atoms with E-state index in [2.05, 4.69) is 83.5 Å². The lowest BCUT2D eigenvalue weighted by Gasteiger charge is -2.13. The number of amides is 2. The van der Waals surface area contributed by atoms with Crippen molar-refractivity contribution < 1.29 is 14.2 Å². The third-order valence-corrected chi connectivity index (χ3v) is 8.71. The molecule has 7 nitrogen and oxygen atoms in total. The van der Waals surface area contributed by atoms with E-state index in [0.717, 1.165) is 50.8 Å². The second-order valence-corrected chi connectivity index (χ2v) is 12.0. The minimum absolute atomic E-state index is 0.00276. The van der Waals surface area contributed by atoms with Crippen molar-refractivity contribution in [3.63, 3.8) is 0 Å². The number of rotatable bonds is 14. The van der Waals surface area contributed by atoms with Crippen LogP contribution in [0.5, 0.6) is 0 Å². The van der Waals surface area contributed by atoms with Gasteiger partial charge in [0.05, 0.1) is 10.7 Å². The van der Waals surface area contributed by atoms with Crippen molar-refractivity contribution in [1.82, 2.24) is 5.32 Å². The fourth-order valence-electron chi connectivity index (χ4n) is 5.21. The number of carbonyl (C=O) groups is 2. The van der Waals surface area contributed by atoms with Crippen LogP contribution in [-0.4, -0.2) is 25.4 Å². The van der Waals surface area contributed by atoms with Gasteiger partial charge in [-0.15, -0.1) is 0 Å². The first-order chi connectivity index (χ1) is 20.3. The predicted octanol–water partition coefficient (Wildman–Crippen LogP) is 6.59. The van der Waals surface area contributed by atoms with Gasteiger partial charge in [0.1, 0.15) is 6.54 Å². The number of para-hydroxylation sites is 1. The number of anilines is 3. The number of nitrogens with one attached hydrogen (secondary N) is 2. The Bertz CT molecular complexity index is 1380. The number of nitrogens with two attached hydrogens (primary N) is 1. The molecule has 0 bridgehead atoms. The molecule has 0 saturated carbocycles. The monoisotopic (exact) mass is 586 g/mol. The molecule has 0 radical (unpaired) electrons. The Labute approximate surface area is 254 Å². The Morgan fingerprint density at radius 1 is 0.881 bits per heavy atom. The molecule has 0 atom stereocenters. The number of fused-ring (bicyclic) bond motifs is 1. The summed E-state index contributed by atoms with van der Waals surface area (Å²) in [5.41, 5.74) is 12.1. The maximum atomic E-state index is 12.2. The van der Waals surface area contributed by atoms with Crippen LogP contribution in [0.25, 0.3) is 6.08 Å². The summed E-state index contributed by atoms with van der Waals surface area (Å²) in [7, 11) is 2.13. The second-order valence-electron chi connectivity index (χ2n) is 11.0. The van der Waals surface area contributed by atoms with Gasteiger partial charge in [-0.1, -0.05) is 30.3 Å². The van der Waals surface area contributed by atoms with Crippen LogP contribution in [0.4, 0.5) is 17.1 Å². The van der Waals surface area contributed by atoms with Crippen molar-refractivity contribution in [3.8, 4) is 0 Å². The zero-order valence-electron chi connectivity index (χ0n) is 25.1. The molecule has 8 heteroatoms. The molecule has 42 heavy (non-hydrogen) atoms. The third-order valence-electron chi connectivity index (χ3n) is 7.55. The number of nitrogen functional groups attached to an aromatic ring is 1. The van der Waals surface area contributed by atoms with E-state index in [-0.39, 0.29) is 11.8 Å². The fraction of sp³-hybridized carbons (Fsp3) is 0.382.